The highest BCUT2D eigenvalue weighted by molar-refractivity contribution is 9.10. The van der Waals surface area contributed by atoms with Gasteiger partial charge in [0.2, 0.25) is 0 Å². The van der Waals surface area contributed by atoms with Crippen molar-refractivity contribution in [1.29, 1.82) is 5.26 Å². The summed E-state index contributed by atoms with van der Waals surface area (Å²) in [4.78, 5) is 16.2. The third-order valence-electron chi connectivity index (χ3n) is 3.99. The van der Waals surface area contributed by atoms with E-state index in [-0.39, 0.29) is 6.04 Å². The summed E-state index contributed by atoms with van der Waals surface area (Å²) in [6, 6.07) is 6.29. The topological polar surface area (TPSA) is 75.0 Å². The van der Waals surface area contributed by atoms with Crippen LogP contribution in [0.25, 0.3) is 0 Å². The standard InChI is InChI=1S/C17H22BrN3O2/c1-16(2,3)23-15(22)21-13-6-8-17(11-19,9-7-13)14-5-4-12(18)10-20-14/h4-5,10,13H,6-9H2,1-3H3,(H,21,22). The van der Waals surface area contributed by atoms with Gasteiger partial charge in [-0.15, -0.1) is 0 Å². The average molecular weight is 380 g/mol. The molecular formula is C17H22BrN3O2. The second-order valence-electron chi connectivity index (χ2n) is 6.98. The first-order chi connectivity index (χ1) is 10.7. The Balaban J connectivity index is 1.98. The zero-order valence-electron chi connectivity index (χ0n) is 13.7. The van der Waals surface area contributed by atoms with Gasteiger partial charge in [0.15, 0.2) is 0 Å². The normalized spacial score (nSPS) is 24.6. The molecule has 1 aromatic rings. The van der Waals surface area contributed by atoms with Crippen LogP contribution in [0, 0.1) is 11.3 Å². The van der Waals surface area contributed by atoms with Crippen molar-refractivity contribution >= 4 is 22.0 Å². The van der Waals surface area contributed by atoms with Gasteiger partial charge in [0.25, 0.3) is 0 Å². The molecule has 0 aromatic carbocycles. The Morgan fingerprint density at radius 2 is 2.09 bits per heavy atom. The van der Waals surface area contributed by atoms with E-state index >= 15 is 0 Å². The fourth-order valence-corrected chi connectivity index (χ4v) is 3.05. The van der Waals surface area contributed by atoms with Crippen LogP contribution in [-0.4, -0.2) is 22.7 Å². The predicted octanol–water partition coefficient (Wildman–Crippen LogP) is 4.07. The molecule has 1 amide bonds. The first kappa shape index (κ1) is 17.7. The third kappa shape index (κ3) is 4.68. The fraction of sp³-hybridized carbons (Fsp3) is 0.588. The number of nitrogens with zero attached hydrogens (tertiary/aromatic N) is 2. The first-order valence-electron chi connectivity index (χ1n) is 7.77. The smallest absolute Gasteiger partial charge is 0.407 e. The lowest BCUT2D eigenvalue weighted by atomic mass is 9.71. The number of carbonyl (C=O) groups is 1. The number of halogens is 1. The maximum Gasteiger partial charge on any atom is 0.407 e. The van der Waals surface area contributed by atoms with E-state index in [1.54, 1.807) is 6.20 Å². The molecule has 0 atom stereocenters. The molecule has 1 saturated carbocycles. The SMILES string of the molecule is CC(C)(C)OC(=O)NC1CCC(C#N)(c2ccc(Br)cn2)CC1. The molecule has 0 aliphatic heterocycles. The van der Waals surface area contributed by atoms with E-state index < -0.39 is 17.1 Å². The summed E-state index contributed by atoms with van der Waals surface area (Å²) in [6.07, 6.45) is 4.17. The van der Waals surface area contributed by atoms with Crippen LogP contribution in [-0.2, 0) is 10.2 Å². The second-order valence-corrected chi connectivity index (χ2v) is 7.89. The maximum absolute atomic E-state index is 11.8. The van der Waals surface area contributed by atoms with Crippen molar-refractivity contribution < 1.29 is 9.53 Å². The molecule has 6 heteroatoms. The van der Waals surface area contributed by atoms with Gasteiger partial charge in [0.05, 0.1) is 17.2 Å². The van der Waals surface area contributed by atoms with Crippen LogP contribution < -0.4 is 5.32 Å². The largest absolute Gasteiger partial charge is 0.444 e. The van der Waals surface area contributed by atoms with Crippen LogP contribution in [0.5, 0.6) is 0 Å². The van der Waals surface area contributed by atoms with Crippen molar-refractivity contribution in [3.8, 4) is 6.07 Å². The number of nitriles is 1. The Morgan fingerprint density at radius 3 is 2.57 bits per heavy atom. The van der Waals surface area contributed by atoms with E-state index in [1.807, 2.05) is 32.9 Å². The van der Waals surface area contributed by atoms with Crippen molar-refractivity contribution in [2.75, 3.05) is 0 Å². The third-order valence-corrected chi connectivity index (χ3v) is 4.46. The Kier molecular flexibility index (Phi) is 5.30. The Bertz CT molecular complexity index is 594. The summed E-state index contributed by atoms with van der Waals surface area (Å²) in [5.74, 6) is 0. The summed E-state index contributed by atoms with van der Waals surface area (Å²) < 4.78 is 6.18. The van der Waals surface area contributed by atoms with Gasteiger partial charge in [-0.2, -0.15) is 5.26 Å². The number of rotatable bonds is 2. The lowest BCUT2D eigenvalue weighted by Gasteiger charge is -2.35. The second kappa shape index (κ2) is 6.88. The van der Waals surface area contributed by atoms with Gasteiger partial charge in [0, 0.05) is 16.7 Å². The van der Waals surface area contributed by atoms with Gasteiger partial charge in [-0.1, -0.05) is 0 Å². The summed E-state index contributed by atoms with van der Waals surface area (Å²) in [5.41, 5.74) is -0.262. The van der Waals surface area contributed by atoms with Crippen LogP contribution in [0.3, 0.4) is 0 Å². The minimum atomic E-state index is -0.563. The van der Waals surface area contributed by atoms with Crippen molar-refractivity contribution in [3.05, 3.63) is 28.5 Å². The first-order valence-corrected chi connectivity index (χ1v) is 8.56. The van der Waals surface area contributed by atoms with Crippen molar-refractivity contribution in [3.63, 3.8) is 0 Å². The summed E-state index contributed by atoms with van der Waals surface area (Å²) in [5, 5.41) is 12.6. The molecule has 0 unspecified atom stereocenters. The summed E-state index contributed by atoms with van der Waals surface area (Å²) >= 11 is 3.36. The number of amides is 1. The van der Waals surface area contributed by atoms with Gasteiger partial charge in [0.1, 0.15) is 5.60 Å². The molecule has 1 aromatic heterocycles. The highest BCUT2D eigenvalue weighted by Gasteiger charge is 2.39. The van der Waals surface area contributed by atoms with Gasteiger partial charge < -0.3 is 10.1 Å². The van der Waals surface area contributed by atoms with E-state index in [2.05, 4.69) is 32.3 Å². The van der Waals surface area contributed by atoms with Crippen molar-refractivity contribution in [2.45, 2.75) is 63.5 Å². The summed E-state index contributed by atoms with van der Waals surface area (Å²) in [6.45, 7) is 5.52. The van der Waals surface area contributed by atoms with E-state index in [4.69, 9.17) is 4.74 Å². The molecule has 124 valence electrons. The summed E-state index contributed by atoms with van der Waals surface area (Å²) in [7, 11) is 0. The molecule has 1 heterocycles. The highest BCUT2D eigenvalue weighted by Crippen LogP contribution is 2.38. The molecule has 1 fully saturated rings. The molecule has 1 N–H and O–H groups in total. The number of aromatic nitrogens is 1. The molecule has 2 rings (SSSR count). The number of alkyl carbamates (subject to hydrolysis) is 1. The van der Waals surface area contributed by atoms with Gasteiger partial charge >= 0.3 is 6.09 Å². The van der Waals surface area contributed by atoms with Gasteiger partial charge in [-0.25, -0.2) is 4.79 Å². The molecule has 0 radical (unpaired) electrons. The van der Waals surface area contributed by atoms with Crippen LogP contribution in [0.15, 0.2) is 22.8 Å². The Hall–Kier alpha value is -1.61. The van der Waals surface area contributed by atoms with E-state index in [9.17, 15) is 10.1 Å². The number of hydrogen-bond donors (Lipinski definition) is 1. The molecule has 23 heavy (non-hydrogen) atoms. The molecular weight excluding hydrogens is 358 g/mol. The van der Waals surface area contributed by atoms with Crippen LogP contribution in [0.4, 0.5) is 4.79 Å². The predicted molar refractivity (Wildman–Crippen MR) is 90.9 cm³/mol. The lowest BCUT2D eigenvalue weighted by Crippen LogP contribution is -2.43. The van der Waals surface area contributed by atoms with Crippen LogP contribution in [0.2, 0.25) is 0 Å². The molecule has 0 bridgehead atoms. The van der Waals surface area contributed by atoms with E-state index in [1.165, 1.54) is 0 Å². The molecule has 1 aliphatic rings. The quantitative estimate of drug-likeness (QED) is 0.839. The van der Waals surface area contributed by atoms with Crippen molar-refractivity contribution in [2.24, 2.45) is 0 Å². The zero-order chi connectivity index (χ0) is 17.1. The number of hydrogen-bond acceptors (Lipinski definition) is 4. The van der Waals surface area contributed by atoms with Crippen LogP contribution >= 0.6 is 15.9 Å². The minimum Gasteiger partial charge on any atom is -0.444 e. The van der Waals surface area contributed by atoms with Gasteiger partial charge in [-0.05, 0) is 74.5 Å². The Morgan fingerprint density at radius 1 is 1.43 bits per heavy atom. The number of nitrogens with one attached hydrogen (secondary N) is 1. The monoisotopic (exact) mass is 379 g/mol. The number of carbonyl (C=O) groups excluding carboxylic acids is 1. The van der Waals surface area contributed by atoms with Crippen molar-refractivity contribution in [1.82, 2.24) is 10.3 Å². The molecule has 5 nitrogen and oxygen atoms in total. The van der Waals surface area contributed by atoms with Crippen LogP contribution in [0.1, 0.15) is 52.1 Å². The molecule has 0 spiro atoms. The van der Waals surface area contributed by atoms with E-state index in [0.29, 0.717) is 12.8 Å². The minimum absolute atomic E-state index is 0.0433. The van der Waals surface area contributed by atoms with E-state index in [0.717, 1.165) is 23.0 Å². The van der Waals surface area contributed by atoms with Gasteiger partial charge in [-0.3, -0.25) is 4.98 Å². The number of pyridine rings is 1. The molecule has 1 aliphatic carbocycles. The Labute approximate surface area is 145 Å². The fourth-order valence-electron chi connectivity index (χ4n) is 2.81. The molecule has 0 saturated heterocycles. The number of ether oxygens (including phenoxy) is 1. The zero-order valence-corrected chi connectivity index (χ0v) is 15.3. The highest BCUT2D eigenvalue weighted by atomic mass is 79.9. The average Bonchev–Trinajstić information content (AvgIpc) is 2.47. The lowest BCUT2D eigenvalue weighted by molar-refractivity contribution is 0.0487. The maximum atomic E-state index is 11.8.